The molecule has 0 bridgehead atoms. The summed E-state index contributed by atoms with van der Waals surface area (Å²) in [5, 5.41) is 1.12. The standard InChI is InChI=1S/C11H7Cl2NO2/c1-5(15)10-7(12)4-8-6(11(10)13)2-3-9(16)14-8/h2-4H,1H3,(H,14,16). The van der Waals surface area contributed by atoms with Gasteiger partial charge >= 0.3 is 0 Å². The summed E-state index contributed by atoms with van der Waals surface area (Å²) >= 11 is 12.0. The molecule has 1 aromatic heterocycles. The summed E-state index contributed by atoms with van der Waals surface area (Å²) in [4.78, 5) is 25.1. The minimum absolute atomic E-state index is 0.205. The van der Waals surface area contributed by atoms with E-state index in [1.807, 2.05) is 0 Å². The number of benzene rings is 1. The average molecular weight is 256 g/mol. The van der Waals surface area contributed by atoms with E-state index in [-0.39, 0.29) is 27.0 Å². The zero-order valence-corrected chi connectivity index (χ0v) is 9.82. The Morgan fingerprint density at radius 1 is 1.31 bits per heavy atom. The summed E-state index contributed by atoms with van der Waals surface area (Å²) in [6.45, 7) is 1.39. The van der Waals surface area contributed by atoms with Gasteiger partial charge in [0.1, 0.15) is 0 Å². The second kappa shape index (κ2) is 3.92. The van der Waals surface area contributed by atoms with Crippen LogP contribution < -0.4 is 5.56 Å². The average Bonchev–Trinajstić information content (AvgIpc) is 2.15. The quantitative estimate of drug-likeness (QED) is 0.797. The monoisotopic (exact) mass is 255 g/mol. The molecular formula is C11H7Cl2NO2. The van der Waals surface area contributed by atoms with Crippen LogP contribution in [0.25, 0.3) is 10.9 Å². The number of carbonyl (C=O) groups is 1. The van der Waals surface area contributed by atoms with Crippen molar-refractivity contribution in [3.8, 4) is 0 Å². The Hall–Kier alpha value is -1.32. The van der Waals surface area contributed by atoms with Gasteiger partial charge in [0.15, 0.2) is 5.78 Å². The highest BCUT2D eigenvalue weighted by atomic mass is 35.5. The van der Waals surface area contributed by atoms with Gasteiger partial charge in [-0.15, -0.1) is 0 Å². The molecule has 0 spiro atoms. The van der Waals surface area contributed by atoms with Crippen molar-refractivity contribution in [1.29, 1.82) is 0 Å². The molecule has 0 saturated carbocycles. The minimum atomic E-state index is -0.241. The first kappa shape index (κ1) is 11.2. The maximum absolute atomic E-state index is 11.4. The fourth-order valence-corrected chi connectivity index (χ4v) is 2.34. The molecule has 0 aliphatic heterocycles. The zero-order chi connectivity index (χ0) is 11.9. The van der Waals surface area contributed by atoms with E-state index in [1.165, 1.54) is 19.1 Å². The Morgan fingerprint density at radius 2 is 2.00 bits per heavy atom. The number of pyridine rings is 1. The Balaban J connectivity index is 2.94. The van der Waals surface area contributed by atoms with Crippen LogP contribution in [0.4, 0.5) is 0 Å². The topological polar surface area (TPSA) is 49.9 Å². The number of rotatable bonds is 1. The molecule has 0 aliphatic carbocycles. The molecule has 5 heteroatoms. The summed E-state index contributed by atoms with van der Waals surface area (Å²) < 4.78 is 0. The van der Waals surface area contributed by atoms with E-state index < -0.39 is 0 Å². The van der Waals surface area contributed by atoms with Gasteiger partial charge in [0.2, 0.25) is 5.56 Å². The Kier molecular flexibility index (Phi) is 2.74. The number of Topliss-reactive ketones (excluding diaryl/α,β-unsaturated/α-hetero) is 1. The van der Waals surface area contributed by atoms with Crippen LogP contribution in [-0.4, -0.2) is 10.8 Å². The molecular weight excluding hydrogens is 249 g/mol. The summed E-state index contributed by atoms with van der Waals surface area (Å²) in [7, 11) is 0. The third-order valence-electron chi connectivity index (χ3n) is 2.27. The van der Waals surface area contributed by atoms with E-state index in [1.54, 1.807) is 6.07 Å². The predicted octanol–water partition coefficient (Wildman–Crippen LogP) is 3.04. The second-order valence-electron chi connectivity index (χ2n) is 3.39. The Bertz CT molecular complexity index is 646. The molecule has 2 aromatic rings. The zero-order valence-electron chi connectivity index (χ0n) is 8.30. The summed E-state index contributed by atoms with van der Waals surface area (Å²) in [5.41, 5.74) is 0.561. The Labute approximate surface area is 101 Å². The molecule has 82 valence electrons. The first-order valence-electron chi connectivity index (χ1n) is 4.52. The van der Waals surface area contributed by atoms with Crippen molar-refractivity contribution in [1.82, 2.24) is 4.98 Å². The van der Waals surface area contributed by atoms with Crippen molar-refractivity contribution >= 4 is 39.9 Å². The number of aromatic nitrogens is 1. The summed E-state index contributed by atoms with van der Waals surface area (Å²) in [6.07, 6.45) is 0. The van der Waals surface area contributed by atoms with Crippen LogP contribution in [-0.2, 0) is 0 Å². The van der Waals surface area contributed by atoms with E-state index in [0.29, 0.717) is 10.9 Å². The van der Waals surface area contributed by atoms with Crippen molar-refractivity contribution < 1.29 is 4.79 Å². The van der Waals surface area contributed by atoms with Gasteiger partial charge in [-0.3, -0.25) is 9.59 Å². The third kappa shape index (κ3) is 1.72. The van der Waals surface area contributed by atoms with Crippen LogP contribution in [0.2, 0.25) is 10.0 Å². The van der Waals surface area contributed by atoms with Crippen molar-refractivity contribution in [2.45, 2.75) is 6.92 Å². The number of aromatic amines is 1. The maximum Gasteiger partial charge on any atom is 0.248 e. The van der Waals surface area contributed by atoms with Gasteiger partial charge in [0.25, 0.3) is 0 Å². The Morgan fingerprint density at radius 3 is 2.62 bits per heavy atom. The van der Waals surface area contributed by atoms with Crippen LogP contribution in [0, 0.1) is 0 Å². The van der Waals surface area contributed by atoms with Crippen molar-refractivity contribution in [2.24, 2.45) is 0 Å². The van der Waals surface area contributed by atoms with Gasteiger partial charge in [-0.1, -0.05) is 23.2 Å². The van der Waals surface area contributed by atoms with Crippen LogP contribution in [0.5, 0.6) is 0 Å². The first-order chi connectivity index (χ1) is 7.50. The van der Waals surface area contributed by atoms with Crippen LogP contribution in [0.15, 0.2) is 23.0 Å². The number of ketones is 1. The van der Waals surface area contributed by atoms with Crippen molar-refractivity contribution in [3.63, 3.8) is 0 Å². The maximum atomic E-state index is 11.4. The molecule has 0 unspecified atom stereocenters. The normalized spacial score (nSPS) is 10.7. The number of fused-ring (bicyclic) bond motifs is 1. The van der Waals surface area contributed by atoms with Gasteiger partial charge in [0, 0.05) is 11.5 Å². The molecule has 0 atom stereocenters. The molecule has 3 nitrogen and oxygen atoms in total. The fourth-order valence-electron chi connectivity index (χ4n) is 1.56. The number of H-pyrrole nitrogens is 1. The molecule has 1 aromatic carbocycles. The molecule has 0 amide bonds. The van der Waals surface area contributed by atoms with Crippen LogP contribution >= 0.6 is 23.2 Å². The highest BCUT2D eigenvalue weighted by Gasteiger charge is 2.14. The summed E-state index contributed by atoms with van der Waals surface area (Å²) in [6, 6.07) is 4.45. The molecule has 16 heavy (non-hydrogen) atoms. The SMILES string of the molecule is CC(=O)c1c(Cl)cc2[nH]c(=O)ccc2c1Cl. The number of halogens is 2. The first-order valence-corrected chi connectivity index (χ1v) is 5.28. The van der Waals surface area contributed by atoms with Gasteiger partial charge in [0.05, 0.1) is 21.1 Å². The lowest BCUT2D eigenvalue weighted by molar-refractivity contribution is 0.101. The molecule has 0 aliphatic rings. The molecule has 0 fully saturated rings. The molecule has 0 saturated heterocycles. The molecule has 1 N–H and O–H groups in total. The lowest BCUT2D eigenvalue weighted by Gasteiger charge is -2.07. The highest BCUT2D eigenvalue weighted by molar-refractivity contribution is 6.43. The van der Waals surface area contributed by atoms with E-state index >= 15 is 0 Å². The van der Waals surface area contributed by atoms with Crippen LogP contribution in [0.3, 0.4) is 0 Å². The van der Waals surface area contributed by atoms with E-state index in [0.717, 1.165) is 0 Å². The van der Waals surface area contributed by atoms with Gasteiger partial charge in [-0.25, -0.2) is 0 Å². The van der Waals surface area contributed by atoms with Crippen LogP contribution in [0.1, 0.15) is 17.3 Å². The minimum Gasteiger partial charge on any atom is -0.322 e. The van der Waals surface area contributed by atoms with E-state index in [4.69, 9.17) is 23.2 Å². The predicted molar refractivity (Wildman–Crippen MR) is 64.6 cm³/mol. The largest absolute Gasteiger partial charge is 0.322 e. The lowest BCUT2D eigenvalue weighted by atomic mass is 10.1. The van der Waals surface area contributed by atoms with Gasteiger partial charge in [-0.05, 0) is 19.1 Å². The lowest BCUT2D eigenvalue weighted by Crippen LogP contribution is -2.04. The number of carbonyl (C=O) groups excluding carboxylic acids is 1. The van der Waals surface area contributed by atoms with Crippen molar-refractivity contribution in [2.75, 3.05) is 0 Å². The second-order valence-corrected chi connectivity index (χ2v) is 4.17. The van der Waals surface area contributed by atoms with Gasteiger partial charge < -0.3 is 4.98 Å². The van der Waals surface area contributed by atoms with E-state index in [2.05, 4.69) is 4.98 Å². The summed E-state index contributed by atoms with van der Waals surface area (Å²) in [5.74, 6) is -0.205. The number of hydrogen-bond donors (Lipinski definition) is 1. The fraction of sp³-hybridized carbons (Fsp3) is 0.0909. The van der Waals surface area contributed by atoms with E-state index in [9.17, 15) is 9.59 Å². The van der Waals surface area contributed by atoms with Gasteiger partial charge in [-0.2, -0.15) is 0 Å². The smallest absolute Gasteiger partial charge is 0.248 e. The third-order valence-corrected chi connectivity index (χ3v) is 2.96. The number of hydrogen-bond acceptors (Lipinski definition) is 2. The molecule has 0 radical (unpaired) electrons. The molecule has 1 heterocycles. The van der Waals surface area contributed by atoms with Crippen molar-refractivity contribution in [3.05, 3.63) is 44.2 Å². The number of nitrogens with one attached hydrogen (secondary N) is 1. The highest BCUT2D eigenvalue weighted by Crippen LogP contribution is 2.31. The molecule has 2 rings (SSSR count).